The summed E-state index contributed by atoms with van der Waals surface area (Å²) >= 11 is 0. The van der Waals surface area contributed by atoms with Gasteiger partial charge in [0.2, 0.25) is 0 Å². The number of halogens is 1. The van der Waals surface area contributed by atoms with E-state index >= 15 is 0 Å². The van der Waals surface area contributed by atoms with Crippen LogP contribution in [-0.4, -0.2) is 38.2 Å². The van der Waals surface area contributed by atoms with Crippen LogP contribution in [0.4, 0.5) is 4.39 Å². The molecule has 1 aromatic rings. The van der Waals surface area contributed by atoms with E-state index in [1.165, 1.54) is 6.07 Å². The number of rotatable bonds is 4. The van der Waals surface area contributed by atoms with Gasteiger partial charge in [-0.25, -0.2) is 4.39 Å². The predicted octanol–water partition coefficient (Wildman–Crippen LogP) is 2.02. The molecule has 0 unspecified atom stereocenters. The van der Waals surface area contributed by atoms with E-state index in [2.05, 4.69) is 5.32 Å². The molecule has 2 rings (SSSR count). The molecule has 0 radical (unpaired) electrons. The van der Waals surface area contributed by atoms with Crippen molar-refractivity contribution in [3.8, 4) is 5.75 Å². The van der Waals surface area contributed by atoms with Crippen molar-refractivity contribution in [2.24, 2.45) is 0 Å². The van der Waals surface area contributed by atoms with Gasteiger partial charge in [-0.15, -0.1) is 0 Å². The highest BCUT2D eigenvalue weighted by atomic mass is 19.1. The Bertz CT molecular complexity index is 389. The molecule has 0 amide bonds. The van der Waals surface area contributed by atoms with E-state index in [9.17, 15) is 4.39 Å². The number of benzene rings is 1. The lowest BCUT2D eigenvalue weighted by Gasteiger charge is -2.24. The maximum atomic E-state index is 13.5. The molecule has 1 aliphatic rings. The van der Waals surface area contributed by atoms with Crippen molar-refractivity contribution >= 4 is 0 Å². The molecule has 100 valence electrons. The van der Waals surface area contributed by atoms with E-state index in [-0.39, 0.29) is 11.9 Å². The molecule has 0 bridgehead atoms. The Morgan fingerprint density at radius 3 is 2.67 bits per heavy atom. The van der Waals surface area contributed by atoms with E-state index in [4.69, 9.17) is 4.74 Å². The molecular formula is C14H21FN2O. The van der Waals surface area contributed by atoms with Gasteiger partial charge < -0.3 is 15.0 Å². The zero-order valence-corrected chi connectivity index (χ0v) is 11.1. The number of nitrogens with zero attached hydrogens (tertiary/aromatic N) is 1. The molecule has 1 aliphatic heterocycles. The third-order valence-electron chi connectivity index (χ3n) is 3.02. The molecule has 4 heteroatoms. The molecular weight excluding hydrogens is 231 g/mol. The summed E-state index contributed by atoms with van der Waals surface area (Å²) in [6, 6.07) is 4.97. The molecule has 1 fully saturated rings. The Kier molecular flexibility index (Phi) is 4.55. The summed E-state index contributed by atoms with van der Waals surface area (Å²) < 4.78 is 19.4. The van der Waals surface area contributed by atoms with Gasteiger partial charge in [0.1, 0.15) is 17.7 Å². The second-order valence-electron chi connectivity index (χ2n) is 5.10. The highest BCUT2D eigenvalue weighted by Crippen LogP contribution is 2.20. The molecule has 0 aromatic heterocycles. The van der Waals surface area contributed by atoms with Gasteiger partial charge in [0.25, 0.3) is 0 Å². The number of piperidine rings is 1. The van der Waals surface area contributed by atoms with Gasteiger partial charge in [-0.2, -0.15) is 0 Å². The fraction of sp³-hybridized carbons (Fsp3) is 0.571. The topological polar surface area (TPSA) is 24.5 Å². The van der Waals surface area contributed by atoms with Crippen LogP contribution in [0.1, 0.15) is 18.4 Å². The summed E-state index contributed by atoms with van der Waals surface area (Å²) in [6.45, 7) is 2.68. The van der Waals surface area contributed by atoms with Crippen molar-refractivity contribution in [3.63, 3.8) is 0 Å². The first-order valence-electron chi connectivity index (χ1n) is 6.45. The normalized spacial score (nSPS) is 17.1. The molecule has 0 saturated carbocycles. The van der Waals surface area contributed by atoms with Crippen LogP contribution in [-0.2, 0) is 6.54 Å². The minimum absolute atomic E-state index is 0.209. The summed E-state index contributed by atoms with van der Waals surface area (Å²) in [7, 11) is 3.94. The van der Waals surface area contributed by atoms with Gasteiger partial charge in [-0.05, 0) is 57.7 Å². The van der Waals surface area contributed by atoms with Crippen molar-refractivity contribution < 1.29 is 9.13 Å². The first-order chi connectivity index (χ1) is 8.63. The third-order valence-corrected chi connectivity index (χ3v) is 3.02. The summed E-state index contributed by atoms with van der Waals surface area (Å²) in [6.07, 6.45) is 2.18. The lowest BCUT2D eigenvalue weighted by Crippen LogP contribution is -2.34. The van der Waals surface area contributed by atoms with E-state index in [1.54, 1.807) is 6.07 Å². The summed E-state index contributed by atoms with van der Waals surface area (Å²) in [5, 5.41) is 3.29. The first-order valence-corrected chi connectivity index (χ1v) is 6.45. The van der Waals surface area contributed by atoms with Crippen molar-refractivity contribution in [2.75, 3.05) is 27.2 Å². The number of hydrogen-bond donors (Lipinski definition) is 1. The van der Waals surface area contributed by atoms with Crippen molar-refractivity contribution in [1.29, 1.82) is 0 Å². The third kappa shape index (κ3) is 3.96. The van der Waals surface area contributed by atoms with Crippen LogP contribution < -0.4 is 10.1 Å². The zero-order valence-electron chi connectivity index (χ0n) is 11.1. The van der Waals surface area contributed by atoms with E-state index < -0.39 is 0 Å². The predicted molar refractivity (Wildman–Crippen MR) is 70.3 cm³/mol. The van der Waals surface area contributed by atoms with Crippen LogP contribution in [0.5, 0.6) is 5.75 Å². The van der Waals surface area contributed by atoms with Crippen LogP contribution in [0.25, 0.3) is 0 Å². The Morgan fingerprint density at radius 1 is 1.28 bits per heavy atom. The van der Waals surface area contributed by atoms with Crippen LogP contribution >= 0.6 is 0 Å². The highest BCUT2D eigenvalue weighted by Gasteiger charge is 2.15. The molecule has 1 heterocycles. The van der Waals surface area contributed by atoms with Gasteiger partial charge in [0.15, 0.2) is 0 Å². The van der Waals surface area contributed by atoms with Crippen LogP contribution in [0.15, 0.2) is 18.2 Å². The SMILES string of the molecule is CN(C)Cc1cc(F)cc(OC2CCNCC2)c1. The molecule has 1 aromatic carbocycles. The molecule has 0 aliphatic carbocycles. The highest BCUT2D eigenvalue weighted by molar-refractivity contribution is 5.29. The van der Waals surface area contributed by atoms with Crippen LogP contribution in [0, 0.1) is 5.82 Å². The maximum Gasteiger partial charge on any atom is 0.127 e. The molecule has 0 spiro atoms. The Balaban J connectivity index is 2.04. The van der Waals surface area contributed by atoms with Crippen molar-refractivity contribution in [1.82, 2.24) is 10.2 Å². The second kappa shape index (κ2) is 6.16. The maximum absolute atomic E-state index is 13.5. The monoisotopic (exact) mass is 252 g/mol. The van der Waals surface area contributed by atoms with Crippen LogP contribution in [0.2, 0.25) is 0 Å². The summed E-state index contributed by atoms with van der Waals surface area (Å²) in [5.41, 5.74) is 0.948. The average molecular weight is 252 g/mol. The van der Waals surface area contributed by atoms with Gasteiger partial charge in [-0.1, -0.05) is 0 Å². The molecule has 0 atom stereocenters. The Labute approximate surface area is 108 Å². The van der Waals surface area contributed by atoms with E-state index in [0.29, 0.717) is 5.75 Å². The Hall–Kier alpha value is -1.13. The lowest BCUT2D eigenvalue weighted by molar-refractivity contribution is 0.161. The fourth-order valence-corrected chi connectivity index (χ4v) is 2.25. The summed E-state index contributed by atoms with van der Waals surface area (Å²) in [4.78, 5) is 2.02. The van der Waals surface area contributed by atoms with Gasteiger partial charge in [-0.3, -0.25) is 0 Å². The Morgan fingerprint density at radius 2 is 2.00 bits per heavy atom. The molecule has 1 saturated heterocycles. The fourth-order valence-electron chi connectivity index (χ4n) is 2.25. The first kappa shape index (κ1) is 13.3. The molecule has 1 N–H and O–H groups in total. The smallest absolute Gasteiger partial charge is 0.127 e. The molecule has 3 nitrogen and oxygen atoms in total. The van der Waals surface area contributed by atoms with Gasteiger partial charge in [0.05, 0.1) is 0 Å². The second-order valence-corrected chi connectivity index (χ2v) is 5.10. The van der Waals surface area contributed by atoms with Crippen LogP contribution in [0.3, 0.4) is 0 Å². The van der Waals surface area contributed by atoms with E-state index in [1.807, 2.05) is 25.1 Å². The van der Waals surface area contributed by atoms with Crippen molar-refractivity contribution in [2.45, 2.75) is 25.5 Å². The standard InChI is InChI=1S/C14H21FN2O/c1-17(2)10-11-7-12(15)9-14(8-11)18-13-3-5-16-6-4-13/h7-9,13,16H,3-6,10H2,1-2H3. The number of ether oxygens (including phenoxy) is 1. The minimum atomic E-state index is -0.224. The molecule has 18 heavy (non-hydrogen) atoms. The van der Waals surface area contributed by atoms with Gasteiger partial charge in [0, 0.05) is 12.6 Å². The minimum Gasteiger partial charge on any atom is -0.490 e. The van der Waals surface area contributed by atoms with E-state index in [0.717, 1.165) is 38.0 Å². The number of nitrogens with one attached hydrogen (secondary N) is 1. The average Bonchev–Trinajstić information content (AvgIpc) is 2.28. The quantitative estimate of drug-likeness (QED) is 0.887. The largest absolute Gasteiger partial charge is 0.490 e. The number of hydrogen-bond acceptors (Lipinski definition) is 3. The zero-order chi connectivity index (χ0) is 13.0. The van der Waals surface area contributed by atoms with Gasteiger partial charge >= 0.3 is 0 Å². The lowest BCUT2D eigenvalue weighted by atomic mass is 10.1. The summed E-state index contributed by atoms with van der Waals surface area (Å²) in [5.74, 6) is 0.428. The van der Waals surface area contributed by atoms with Crippen molar-refractivity contribution in [3.05, 3.63) is 29.6 Å².